The van der Waals surface area contributed by atoms with Crippen LogP contribution in [0.25, 0.3) is 0 Å². The summed E-state index contributed by atoms with van der Waals surface area (Å²) in [6.07, 6.45) is -2.54. The average Bonchev–Trinajstić information content (AvgIpc) is 2.96. The zero-order valence-corrected chi connectivity index (χ0v) is 12.4. The predicted molar refractivity (Wildman–Crippen MR) is 78.8 cm³/mol. The van der Waals surface area contributed by atoms with Crippen LogP contribution in [0, 0.1) is 11.3 Å². The highest BCUT2D eigenvalue weighted by Gasteiger charge is 2.46. The van der Waals surface area contributed by atoms with Crippen LogP contribution >= 0.6 is 0 Å². The summed E-state index contributed by atoms with van der Waals surface area (Å²) in [4.78, 5) is 0. The minimum absolute atomic E-state index is 0.120. The van der Waals surface area contributed by atoms with E-state index >= 15 is 0 Å². The molecule has 0 unspecified atom stereocenters. The monoisotopic (exact) mass is 320 g/mol. The Hall–Kier alpha value is -2.49. The number of rotatable bonds is 2. The number of fused-ring (bicyclic) bond motifs is 1. The maximum atomic E-state index is 13.4. The highest BCUT2D eigenvalue weighted by molar-refractivity contribution is 5.54. The van der Waals surface area contributed by atoms with E-state index < -0.39 is 18.3 Å². The van der Waals surface area contributed by atoms with E-state index in [1.807, 2.05) is 37.3 Å². The molecule has 0 saturated carbocycles. The molecule has 0 spiro atoms. The minimum Gasteiger partial charge on any atom is -0.362 e. The fraction of sp³-hybridized carbons (Fsp3) is 0.375. The fourth-order valence-electron chi connectivity index (χ4n) is 2.85. The van der Waals surface area contributed by atoms with Gasteiger partial charge in [-0.15, -0.1) is 0 Å². The largest absolute Gasteiger partial charge is 0.410 e. The molecule has 1 aromatic carbocycles. The summed E-state index contributed by atoms with van der Waals surface area (Å²) in [6, 6.07) is 7.13. The van der Waals surface area contributed by atoms with Gasteiger partial charge in [0.15, 0.2) is 6.04 Å². The van der Waals surface area contributed by atoms with Gasteiger partial charge < -0.3 is 5.32 Å². The number of anilines is 1. The first-order chi connectivity index (χ1) is 10.9. The summed E-state index contributed by atoms with van der Waals surface area (Å²) in [6.45, 7) is 2.02. The lowest BCUT2D eigenvalue weighted by Gasteiger charge is -2.33. The van der Waals surface area contributed by atoms with Crippen molar-refractivity contribution in [2.75, 3.05) is 5.32 Å². The SMILES string of the molecule is CCc1ccc([C@@H]2C[C@H](C(F)(F)F)n3ncc(C#N)c3N2)cc1. The number of nitriles is 1. The summed E-state index contributed by atoms with van der Waals surface area (Å²) in [5, 5.41) is 15.8. The van der Waals surface area contributed by atoms with E-state index in [4.69, 9.17) is 5.26 Å². The molecule has 2 atom stereocenters. The molecule has 1 N–H and O–H groups in total. The highest BCUT2D eigenvalue weighted by atomic mass is 19.4. The topological polar surface area (TPSA) is 53.6 Å². The van der Waals surface area contributed by atoms with Gasteiger partial charge in [0.1, 0.15) is 17.5 Å². The number of aromatic nitrogens is 2. The first kappa shape index (κ1) is 15.4. The van der Waals surface area contributed by atoms with Gasteiger partial charge >= 0.3 is 6.18 Å². The van der Waals surface area contributed by atoms with Crippen molar-refractivity contribution >= 4 is 5.82 Å². The van der Waals surface area contributed by atoms with E-state index in [9.17, 15) is 13.2 Å². The van der Waals surface area contributed by atoms with Crippen LogP contribution in [0.3, 0.4) is 0 Å². The number of aryl methyl sites for hydroxylation is 1. The molecule has 0 bridgehead atoms. The second kappa shape index (κ2) is 5.61. The third kappa shape index (κ3) is 2.77. The lowest BCUT2D eigenvalue weighted by Crippen LogP contribution is -2.35. The molecule has 0 fully saturated rings. The van der Waals surface area contributed by atoms with Crippen molar-refractivity contribution in [2.45, 2.75) is 38.0 Å². The number of alkyl halides is 3. The molecular formula is C16H15F3N4. The third-order valence-electron chi connectivity index (χ3n) is 4.15. The van der Waals surface area contributed by atoms with E-state index in [1.165, 1.54) is 6.20 Å². The molecule has 0 saturated heterocycles. The molecular weight excluding hydrogens is 305 g/mol. The Kier molecular flexibility index (Phi) is 3.76. The number of benzene rings is 1. The van der Waals surface area contributed by atoms with Crippen LogP contribution in [0.1, 0.15) is 42.1 Å². The number of nitrogens with zero attached hydrogens (tertiary/aromatic N) is 3. The molecule has 120 valence electrons. The van der Waals surface area contributed by atoms with Crippen molar-refractivity contribution in [3.8, 4) is 6.07 Å². The second-order valence-electron chi connectivity index (χ2n) is 5.55. The van der Waals surface area contributed by atoms with Crippen molar-refractivity contribution in [3.63, 3.8) is 0 Å². The summed E-state index contributed by atoms with van der Waals surface area (Å²) >= 11 is 0. The normalized spacial score (nSPS) is 20.5. The average molecular weight is 320 g/mol. The molecule has 0 amide bonds. The Labute approximate surface area is 131 Å². The zero-order valence-electron chi connectivity index (χ0n) is 12.4. The van der Waals surface area contributed by atoms with Crippen LogP contribution in [-0.2, 0) is 6.42 Å². The van der Waals surface area contributed by atoms with E-state index in [0.717, 1.165) is 22.2 Å². The molecule has 2 heterocycles. The van der Waals surface area contributed by atoms with Gasteiger partial charge in [0.2, 0.25) is 0 Å². The Morgan fingerprint density at radius 3 is 2.61 bits per heavy atom. The van der Waals surface area contributed by atoms with Crippen molar-refractivity contribution in [1.29, 1.82) is 5.26 Å². The smallest absolute Gasteiger partial charge is 0.362 e. The van der Waals surface area contributed by atoms with Crippen molar-refractivity contribution in [3.05, 3.63) is 47.2 Å². The van der Waals surface area contributed by atoms with Gasteiger partial charge in [-0.25, -0.2) is 4.68 Å². The van der Waals surface area contributed by atoms with Crippen LogP contribution in [0.4, 0.5) is 19.0 Å². The summed E-state index contributed by atoms with van der Waals surface area (Å²) in [5.74, 6) is 0.130. The maximum Gasteiger partial charge on any atom is 0.410 e. The van der Waals surface area contributed by atoms with Crippen molar-refractivity contribution in [1.82, 2.24) is 9.78 Å². The minimum atomic E-state index is -4.42. The van der Waals surface area contributed by atoms with Gasteiger partial charge in [0.05, 0.1) is 12.2 Å². The quantitative estimate of drug-likeness (QED) is 0.910. The first-order valence-electron chi connectivity index (χ1n) is 7.33. The van der Waals surface area contributed by atoms with Crippen LogP contribution in [0.15, 0.2) is 30.5 Å². The maximum absolute atomic E-state index is 13.4. The van der Waals surface area contributed by atoms with Crippen LogP contribution < -0.4 is 5.32 Å². The summed E-state index contributed by atoms with van der Waals surface area (Å²) in [5.41, 5.74) is 2.02. The van der Waals surface area contributed by atoms with Gasteiger partial charge in [0, 0.05) is 6.42 Å². The highest BCUT2D eigenvalue weighted by Crippen LogP contribution is 2.44. The van der Waals surface area contributed by atoms with E-state index in [2.05, 4.69) is 10.4 Å². The van der Waals surface area contributed by atoms with Crippen LogP contribution in [0.5, 0.6) is 0 Å². The number of hydrogen-bond donors (Lipinski definition) is 1. The lowest BCUT2D eigenvalue weighted by molar-refractivity contribution is -0.173. The summed E-state index contributed by atoms with van der Waals surface area (Å²) < 4.78 is 41.0. The molecule has 3 rings (SSSR count). The molecule has 0 aliphatic carbocycles. The lowest BCUT2D eigenvalue weighted by atomic mass is 9.95. The van der Waals surface area contributed by atoms with Gasteiger partial charge in [-0.3, -0.25) is 0 Å². The molecule has 7 heteroatoms. The van der Waals surface area contributed by atoms with Crippen LogP contribution in [-0.4, -0.2) is 16.0 Å². The molecule has 23 heavy (non-hydrogen) atoms. The molecule has 1 aliphatic heterocycles. The van der Waals surface area contributed by atoms with Gasteiger partial charge in [-0.2, -0.15) is 23.5 Å². The van der Waals surface area contributed by atoms with Gasteiger partial charge in [-0.05, 0) is 17.5 Å². The molecule has 2 aromatic rings. The predicted octanol–water partition coefficient (Wildman–Crippen LogP) is 3.98. The van der Waals surface area contributed by atoms with E-state index in [0.29, 0.717) is 0 Å². The van der Waals surface area contributed by atoms with Crippen LogP contribution in [0.2, 0.25) is 0 Å². The van der Waals surface area contributed by atoms with E-state index in [-0.39, 0.29) is 17.8 Å². The Bertz CT molecular complexity index is 740. The Morgan fingerprint density at radius 1 is 1.35 bits per heavy atom. The van der Waals surface area contributed by atoms with Gasteiger partial charge in [0.25, 0.3) is 0 Å². The van der Waals surface area contributed by atoms with Crippen molar-refractivity contribution in [2.24, 2.45) is 0 Å². The molecule has 1 aliphatic rings. The number of halogens is 3. The van der Waals surface area contributed by atoms with Crippen molar-refractivity contribution < 1.29 is 13.2 Å². The summed E-state index contributed by atoms with van der Waals surface area (Å²) in [7, 11) is 0. The standard InChI is InChI=1S/C16H15F3N4/c1-2-10-3-5-11(6-4-10)13-7-14(16(17,18)19)23-15(22-13)12(8-20)9-21-23/h3-6,9,13-14,22H,2,7H2,1H3/t13-,14+/m0/s1. The second-order valence-corrected chi connectivity index (χ2v) is 5.55. The first-order valence-corrected chi connectivity index (χ1v) is 7.33. The zero-order chi connectivity index (χ0) is 16.6. The number of nitrogens with one attached hydrogen (secondary N) is 1. The number of hydrogen-bond acceptors (Lipinski definition) is 3. The Morgan fingerprint density at radius 2 is 2.04 bits per heavy atom. The molecule has 4 nitrogen and oxygen atoms in total. The molecule has 0 radical (unpaired) electrons. The van der Waals surface area contributed by atoms with E-state index in [1.54, 1.807) is 0 Å². The molecule has 1 aromatic heterocycles. The van der Waals surface area contributed by atoms with Gasteiger partial charge in [-0.1, -0.05) is 31.2 Å². The Balaban J connectivity index is 2.00. The third-order valence-corrected chi connectivity index (χ3v) is 4.15. The fourth-order valence-corrected chi connectivity index (χ4v) is 2.85.